The van der Waals surface area contributed by atoms with Crippen LogP contribution in [0.5, 0.6) is 11.5 Å². The zero-order valence-electron chi connectivity index (χ0n) is 16.1. The third-order valence-electron chi connectivity index (χ3n) is 4.55. The molecule has 0 atom stereocenters. The van der Waals surface area contributed by atoms with Gasteiger partial charge in [-0.2, -0.15) is 0 Å². The van der Waals surface area contributed by atoms with E-state index in [9.17, 15) is 4.79 Å². The average Bonchev–Trinajstić information content (AvgIpc) is 2.86. The van der Waals surface area contributed by atoms with Crippen LogP contribution in [0.4, 0.5) is 0 Å². The summed E-state index contributed by atoms with van der Waals surface area (Å²) in [4.78, 5) is 16.1. The van der Waals surface area contributed by atoms with Crippen molar-refractivity contribution < 1.29 is 14.3 Å². The molecule has 0 bridgehead atoms. The molecular formula is C21H24N2O3S. The minimum absolute atomic E-state index is 0.0922. The van der Waals surface area contributed by atoms with E-state index in [0.29, 0.717) is 30.6 Å². The van der Waals surface area contributed by atoms with Crippen molar-refractivity contribution in [2.24, 2.45) is 0 Å². The number of rotatable bonds is 6. The maximum absolute atomic E-state index is 12.8. The Balaban J connectivity index is 2.21. The van der Waals surface area contributed by atoms with Gasteiger partial charge in [-0.05, 0) is 68.0 Å². The van der Waals surface area contributed by atoms with Crippen LogP contribution in [0.3, 0.4) is 0 Å². The lowest BCUT2D eigenvalue weighted by molar-refractivity contribution is -0.122. The minimum atomic E-state index is -0.0922. The molecule has 0 unspecified atom stereocenters. The fourth-order valence-electron chi connectivity index (χ4n) is 3.22. The van der Waals surface area contributed by atoms with Crippen molar-refractivity contribution in [2.75, 3.05) is 26.8 Å². The molecule has 3 rings (SSSR count). The lowest BCUT2D eigenvalue weighted by atomic mass is 10.0. The highest BCUT2D eigenvalue weighted by Crippen LogP contribution is 2.34. The van der Waals surface area contributed by atoms with Crippen LogP contribution >= 0.6 is 12.2 Å². The summed E-state index contributed by atoms with van der Waals surface area (Å²) < 4.78 is 11.5. The van der Waals surface area contributed by atoms with Gasteiger partial charge in [0.1, 0.15) is 17.2 Å². The molecule has 1 aliphatic heterocycles. The van der Waals surface area contributed by atoms with Crippen LogP contribution in [0.25, 0.3) is 16.8 Å². The van der Waals surface area contributed by atoms with E-state index in [1.165, 1.54) is 0 Å². The fourth-order valence-corrected chi connectivity index (χ4v) is 3.53. The first-order chi connectivity index (χ1) is 13.0. The van der Waals surface area contributed by atoms with Gasteiger partial charge in [-0.1, -0.05) is 12.1 Å². The molecule has 2 aromatic carbocycles. The molecule has 142 valence electrons. The zero-order chi connectivity index (χ0) is 19.6. The SMILES string of the molecule is CCOc1ccc2ccc(OCC)c(/C=C3/C(=O)N(CC)C(=S)N3C)c2c1. The molecule has 6 heteroatoms. The predicted octanol–water partition coefficient (Wildman–Crippen LogP) is 4.06. The van der Waals surface area contributed by atoms with Gasteiger partial charge in [0.25, 0.3) is 5.91 Å². The first kappa shape index (κ1) is 19.2. The summed E-state index contributed by atoms with van der Waals surface area (Å²) >= 11 is 5.41. The van der Waals surface area contributed by atoms with E-state index in [0.717, 1.165) is 27.8 Å². The largest absolute Gasteiger partial charge is 0.494 e. The number of nitrogens with zero attached hydrogens (tertiary/aromatic N) is 2. The number of amides is 1. The van der Waals surface area contributed by atoms with Crippen molar-refractivity contribution >= 4 is 40.1 Å². The monoisotopic (exact) mass is 384 g/mol. The Morgan fingerprint density at radius 2 is 1.78 bits per heavy atom. The van der Waals surface area contributed by atoms with Gasteiger partial charge in [-0.3, -0.25) is 9.69 Å². The second-order valence-electron chi connectivity index (χ2n) is 6.15. The third kappa shape index (κ3) is 3.49. The molecule has 2 aromatic rings. The molecule has 1 amide bonds. The van der Waals surface area contributed by atoms with E-state index in [1.54, 1.807) is 9.80 Å². The third-order valence-corrected chi connectivity index (χ3v) is 5.04. The average molecular weight is 385 g/mol. The second kappa shape index (κ2) is 7.96. The lowest BCUT2D eigenvalue weighted by Gasteiger charge is -2.15. The van der Waals surface area contributed by atoms with Crippen LogP contribution in [0, 0.1) is 0 Å². The number of thiocarbonyl (C=S) groups is 1. The van der Waals surface area contributed by atoms with Crippen molar-refractivity contribution in [1.29, 1.82) is 0 Å². The van der Waals surface area contributed by atoms with Crippen molar-refractivity contribution in [3.8, 4) is 11.5 Å². The molecule has 1 saturated heterocycles. The fraction of sp³-hybridized carbons (Fsp3) is 0.333. The predicted molar refractivity (Wildman–Crippen MR) is 112 cm³/mol. The van der Waals surface area contributed by atoms with E-state index >= 15 is 0 Å². The number of hydrogen-bond donors (Lipinski definition) is 0. The highest BCUT2D eigenvalue weighted by Gasteiger charge is 2.34. The molecule has 0 radical (unpaired) electrons. The van der Waals surface area contributed by atoms with Crippen LogP contribution in [0.2, 0.25) is 0 Å². The van der Waals surface area contributed by atoms with Gasteiger partial charge in [-0.15, -0.1) is 0 Å². The van der Waals surface area contributed by atoms with Crippen LogP contribution in [-0.4, -0.2) is 47.6 Å². The van der Waals surface area contributed by atoms with E-state index < -0.39 is 0 Å². The molecule has 1 heterocycles. The van der Waals surface area contributed by atoms with Gasteiger partial charge in [0.05, 0.1) is 13.2 Å². The first-order valence-electron chi connectivity index (χ1n) is 9.15. The summed E-state index contributed by atoms with van der Waals surface area (Å²) in [6.07, 6.45) is 1.87. The van der Waals surface area contributed by atoms with Gasteiger partial charge >= 0.3 is 0 Å². The van der Waals surface area contributed by atoms with Crippen molar-refractivity contribution in [2.45, 2.75) is 20.8 Å². The number of hydrogen-bond acceptors (Lipinski definition) is 4. The molecule has 1 aliphatic rings. The minimum Gasteiger partial charge on any atom is -0.494 e. The maximum Gasteiger partial charge on any atom is 0.276 e. The van der Waals surface area contributed by atoms with E-state index in [4.69, 9.17) is 21.7 Å². The number of carbonyl (C=O) groups excluding carboxylic acids is 1. The molecule has 0 aliphatic carbocycles. The van der Waals surface area contributed by atoms with E-state index in [-0.39, 0.29) is 5.91 Å². The van der Waals surface area contributed by atoms with Crippen LogP contribution in [0.15, 0.2) is 36.0 Å². The standard InChI is InChI=1S/C21H24N2O3S/c1-5-23-20(24)18(22(4)21(23)27)13-17-16-12-15(25-6-2)10-8-14(16)9-11-19(17)26-7-3/h8-13H,5-7H2,1-4H3/b18-13-. The van der Waals surface area contributed by atoms with E-state index in [1.807, 2.05) is 64.2 Å². The number of carbonyl (C=O) groups is 1. The van der Waals surface area contributed by atoms with Gasteiger partial charge in [0.2, 0.25) is 0 Å². The van der Waals surface area contributed by atoms with Gasteiger partial charge in [0, 0.05) is 19.2 Å². The van der Waals surface area contributed by atoms with Crippen molar-refractivity contribution in [1.82, 2.24) is 9.80 Å². The number of benzene rings is 2. The molecule has 0 spiro atoms. The highest BCUT2D eigenvalue weighted by atomic mass is 32.1. The normalized spacial score (nSPS) is 15.9. The smallest absolute Gasteiger partial charge is 0.276 e. The maximum atomic E-state index is 12.8. The van der Waals surface area contributed by atoms with Crippen LogP contribution in [0.1, 0.15) is 26.3 Å². The Kier molecular flexibility index (Phi) is 5.65. The summed E-state index contributed by atoms with van der Waals surface area (Å²) in [5, 5.41) is 2.54. The Bertz CT molecular complexity index is 918. The second-order valence-corrected chi connectivity index (χ2v) is 6.51. The summed E-state index contributed by atoms with van der Waals surface area (Å²) in [6, 6.07) is 9.91. The summed E-state index contributed by atoms with van der Waals surface area (Å²) in [6.45, 7) is 7.49. The van der Waals surface area contributed by atoms with Gasteiger partial charge in [0.15, 0.2) is 5.11 Å². The van der Waals surface area contributed by atoms with Crippen LogP contribution in [-0.2, 0) is 4.79 Å². The molecule has 5 nitrogen and oxygen atoms in total. The quantitative estimate of drug-likeness (QED) is 0.555. The highest BCUT2D eigenvalue weighted by molar-refractivity contribution is 7.80. The lowest BCUT2D eigenvalue weighted by Crippen LogP contribution is -2.30. The van der Waals surface area contributed by atoms with Gasteiger partial charge < -0.3 is 14.4 Å². The molecule has 27 heavy (non-hydrogen) atoms. The van der Waals surface area contributed by atoms with Crippen molar-refractivity contribution in [3.05, 3.63) is 41.6 Å². The summed E-state index contributed by atoms with van der Waals surface area (Å²) in [7, 11) is 1.82. The van der Waals surface area contributed by atoms with E-state index in [2.05, 4.69) is 0 Å². The zero-order valence-corrected chi connectivity index (χ0v) is 16.9. The van der Waals surface area contributed by atoms with Gasteiger partial charge in [-0.25, -0.2) is 0 Å². The Morgan fingerprint density at radius 3 is 2.41 bits per heavy atom. The summed E-state index contributed by atoms with van der Waals surface area (Å²) in [5.74, 6) is 1.42. The Morgan fingerprint density at radius 1 is 1.07 bits per heavy atom. The number of fused-ring (bicyclic) bond motifs is 1. The number of ether oxygens (including phenoxy) is 2. The van der Waals surface area contributed by atoms with Crippen molar-refractivity contribution in [3.63, 3.8) is 0 Å². The molecule has 0 aromatic heterocycles. The van der Waals surface area contributed by atoms with Crippen LogP contribution < -0.4 is 9.47 Å². The molecule has 0 N–H and O–H groups in total. The Labute approximate surface area is 165 Å². The molecular weight excluding hydrogens is 360 g/mol. The summed E-state index contributed by atoms with van der Waals surface area (Å²) in [5.41, 5.74) is 1.39. The topological polar surface area (TPSA) is 42.0 Å². The first-order valence-corrected chi connectivity index (χ1v) is 9.56. The Hall–Kier alpha value is -2.60. The number of likely N-dealkylation sites (N-methyl/N-ethyl adjacent to an activating group) is 2. The molecule has 1 fully saturated rings. The molecule has 0 saturated carbocycles.